The molecule has 1 aromatic rings. The first-order valence-corrected chi connectivity index (χ1v) is 4.20. The lowest BCUT2D eigenvalue weighted by molar-refractivity contribution is -0.388. The normalized spacial score (nSPS) is 10.1. The summed E-state index contributed by atoms with van der Waals surface area (Å²) in [5.74, 6) is -4.99. The number of hydrogen-bond acceptors (Lipinski definition) is 3. The van der Waals surface area contributed by atoms with Gasteiger partial charge in [-0.2, -0.15) is 4.39 Å². The summed E-state index contributed by atoms with van der Waals surface area (Å²) in [7, 11) is 0. The molecular weight excluding hydrogens is 280 g/mol. The molecule has 0 heterocycles. The topological polar surface area (TPSA) is 80.4 Å². The summed E-state index contributed by atoms with van der Waals surface area (Å²) in [4.78, 5) is 19.6. The predicted molar refractivity (Wildman–Crippen MR) is 47.7 cm³/mol. The van der Waals surface area contributed by atoms with E-state index in [-0.39, 0.29) is 0 Å². The highest BCUT2D eigenvalue weighted by Crippen LogP contribution is 2.31. The van der Waals surface area contributed by atoms with Gasteiger partial charge in [-0.3, -0.25) is 10.1 Å². The Kier molecular flexibility index (Phi) is 2.98. The number of carboxylic acids is 1. The fraction of sp³-hybridized carbons (Fsp3) is 0. The first-order valence-electron chi connectivity index (χ1n) is 3.41. The molecule has 0 bridgehead atoms. The lowest BCUT2D eigenvalue weighted by Gasteiger charge is -2.02. The first kappa shape index (κ1) is 11.5. The number of nitro benzene ring substituents is 1. The van der Waals surface area contributed by atoms with E-state index in [0.717, 1.165) is 0 Å². The van der Waals surface area contributed by atoms with Crippen LogP contribution in [0.15, 0.2) is 10.5 Å². The molecule has 0 amide bonds. The molecule has 8 heteroatoms. The number of nitro groups is 1. The average molecular weight is 282 g/mol. The van der Waals surface area contributed by atoms with E-state index < -0.39 is 38.3 Å². The van der Waals surface area contributed by atoms with Gasteiger partial charge in [-0.25, -0.2) is 9.18 Å². The van der Waals surface area contributed by atoms with Crippen LogP contribution in [0.2, 0.25) is 0 Å². The van der Waals surface area contributed by atoms with Gasteiger partial charge in [-0.15, -0.1) is 0 Å². The van der Waals surface area contributed by atoms with Crippen LogP contribution >= 0.6 is 15.9 Å². The van der Waals surface area contributed by atoms with E-state index in [2.05, 4.69) is 15.9 Å². The van der Waals surface area contributed by atoms with Crippen LogP contribution in [0, 0.1) is 21.7 Å². The second-order valence-corrected chi connectivity index (χ2v) is 3.29. The first-order chi connectivity index (χ1) is 6.86. The second kappa shape index (κ2) is 3.89. The van der Waals surface area contributed by atoms with Gasteiger partial charge in [0, 0.05) is 0 Å². The number of carbonyl (C=O) groups is 1. The Morgan fingerprint density at radius 1 is 1.53 bits per heavy atom. The van der Waals surface area contributed by atoms with Crippen molar-refractivity contribution in [3.8, 4) is 0 Å². The number of benzene rings is 1. The Morgan fingerprint density at radius 3 is 2.47 bits per heavy atom. The summed E-state index contributed by atoms with van der Waals surface area (Å²) in [6.07, 6.45) is 0. The van der Waals surface area contributed by atoms with Crippen molar-refractivity contribution in [2.75, 3.05) is 0 Å². The molecule has 0 aliphatic heterocycles. The van der Waals surface area contributed by atoms with Crippen LogP contribution in [0.5, 0.6) is 0 Å². The molecule has 0 radical (unpaired) electrons. The monoisotopic (exact) mass is 281 g/mol. The Bertz CT molecular complexity index is 425. The van der Waals surface area contributed by atoms with E-state index in [1.807, 2.05) is 0 Å². The van der Waals surface area contributed by atoms with Crippen LogP contribution < -0.4 is 0 Å². The molecule has 0 fully saturated rings. The van der Waals surface area contributed by atoms with Crippen LogP contribution in [0.1, 0.15) is 10.4 Å². The summed E-state index contributed by atoms with van der Waals surface area (Å²) in [5, 5.41) is 18.8. The summed E-state index contributed by atoms with van der Waals surface area (Å²) in [6.45, 7) is 0. The molecule has 0 saturated heterocycles. The maximum atomic E-state index is 13.2. The van der Waals surface area contributed by atoms with Crippen LogP contribution in [0.3, 0.4) is 0 Å². The number of carboxylic acid groups (broad SMARTS) is 1. The number of hydrogen-bond donors (Lipinski definition) is 1. The Morgan fingerprint density at radius 2 is 2.07 bits per heavy atom. The molecule has 0 aliphatic rings. The standard InChI is InChI=1S/C7H2BrF2NO4/c8-2-1-3(9)4(7(12)13)5(10)6(2)11(14)15/h1H,(H,12,13). The molecule has 0 atom stereocenters. The smallest absolute Gasteiger partial charge is 0.341 e. The Labute approximate surface area is 89.6 Å². The minimum Gasteiger partial charge on any atom is -0.477 e. The molecule has 0 aromatic heterocycles. The van der Waals surface area contributed by atoms with Gasteiger partial charge in [0.2, 0.25) is 5.82 Å². The van der Waals surface area contributed by atoms with Crippen molar-refractivity contribution in [2.24, 2.45) is 0 Å². The van der Waals surface area contributed by atoms with Gasteiger partial charge in [-0.05, 0) is 22.0 Å². The van der Waals surface area contributed by atoms with Gasteiger partial charge in [0.15, 0.2) is 0 Å². The minimum atomic E-state index is -1.90. The second-order valence-electron chi connectivity index (χ2n) is 2.44. The zero-order valence-electron chi connectivity index (χ0n) is 6.83. The molecule has 0 saturated carbocycles. The van der Waals surface area contributed by atoms with E-state index in [1.54, 1.807) is 0 Å². The molecule has 15 heavy (non-hydrogen) atoms. The third-order valence-corrected chi connectivity index (χ3v) is 2.15. The highest BCUT2D eigenvalue weighted by atomic mass is 79.9. The highest BCUT2D eigenvalue weighted by molar-refractivity contribution is 9.10. The van der Waals surface area contributed by atoms with E-state index in [4.69, 9.17) is 5.11 Å². The van der Waals surface area contributed by atoms with E-state index >= 15 is 0 Å². The van der Waals surface area contributed by atoms with Crippen molar-refractivity contribution >= 4 is 27.6 Å². The van der Waals surface area contributed by atoms with E-state index in [1.165, 1.54) is 0 Å². The van der Waals surface area contributed by atoms with Gasteiger partial charge in [0.25, 0.3) is 0 Å². The molecule has 1 N–H and O–H groups in total. The SMILES string of the molecule is O=C(O)c1c(F)cc(Br)c([N+](=O)[O-])c1F. The highest BCUT2D eigenvalue weighted by Gasteiger charge is 2.29. The van der Waals surface area contributed by atoms with Gasteiger partial charge in [0.05, 0.1) is 4.92 Å². The minimum absolute atomic E-state index is 0.451. The summed E-state index contributed by atoms with van der Waals surface area (Å²) >= 11 is 2.57. The third kappa shape index (κ3) is 1.94. The average Bonchev–Trinajstić information content (AvgIpc) is 1.99. The molecule has 0 unspecified atom stereocenters. The summed E-state index contributed by atoms with van der Waals surface area (Å²) in [5.41, 5.74) is -2.45. The van der Waals surface area contributed by atoms with Crippen molar-refractivity contribution in [2.45, 2.75) is 0 Å². The number of halogens is 3. The maximum Gasteiger partial charge on any atom is 0.341 e. The van der Waals surface area contributed by atoms with Crippen molar-refractivity contribution in [3.05, 3.63) is 37.9 Å². The van der Waals surface area contributed by atoms with Gasteiger partial charge in [0.1, 0.15) is 15.9 Å². The van der Waals surface area contributed by atoms with Crippen LogP contribution in [-0.2, 0) is 0 Å². The van der Waals surface area contributed by atoms with Crippen molar-refractivity contribution in [1.29, 1.82) is 0 Å². The Hall–Kier alpha value is -1.57. The van der Waals surface area contributed by atoms with Gasteiger partial charge < -0.3 is 5.11 Å². The summed E-state index contributed by atoms with van der Waals surface area (Å²) < 4.78 is 25.7. The van der Waals surface area contributed by atoms with Crippen LogP contribution in [0.4, 0.5) is 14.5 Å². The van der Waals surface area contributed by atoms with Crippen LogP contribution in [-0.4, -0.2) is 16.0 Å². The fourth-order valence-corrected chi connectivity index (χ4v) is 1.46. The maximum absolute atomic E-state index is 13.2. The van der Waals surface area contributed by atoms with Gasteiger partial charge >= 0.3 is 11.7 Å². The Balaban J connectivity index is 3.64. The lowest BCUT2D eigenvalue weighted by Crippen LogP contribution is -2.08. The molecule has 0 aliphatic carbocycles. The number of rotatable bonds is 2. The summed E-state index contributed by atoms with van der Waals surface area (Å²) in [6, 6.07) is 0.532. The molecule has 80 valence electrons. The number of nitrogens with zero attached hydrogens (tertiary/aromatic N) is 1. The molecule has 1 aromatic carbocycles. The fourth-order valence-electron chi connectivity index (χ4n) is 0.943. The zero-order chi connectivity index (χ0) is 11.7. The van der Waals surface area contributed by atoms with Crippen molar-refractivity contribution in [3.63, 3.8) is 0 Å². The van der Waals surface area contributed by atoms with Crippen molar-refractivity contribution in [1.82, 2.24) is 0 Å². The van der Waals surface area contributed by atoms with Crippen LogP contribution in [0.25, 0.3) is 0 Å². The molecule has 1 rings (SSSR count). The quantitative estimate of drug-likeness (QED) is 0.666. The largest absolute Gasteiger partial charge is 0.477 e. The van der Waals surface area contributed by atoms with E-state index in [9.17, 15) is 23.7 Å². The van der Waals surface area contributed by atoms with Crippen molar-refractivity contribution < 1.29 is 23.6 Å². The molecule has 5 nitrogen and oxygen atoms in total. The third-order valence-electron chi connectivity index (χ3n) is 1.54. The predicted octanol–water partition coefficient (Wildman–Crippen LogP) is 2.33. The van der Waals surface area contributed by atoms with E-state index in [0.29, 0.717) is 6.07 Å². The lowest BCUT2D eigenvalue weighted by atomic mass is 10.1. The zero-order valence-corrected chi connectivity index (χ0v) is 8.42. The molecular formula is C7H2BrF2NO4. The molecule has 0 spiro atoms. The number of aromatic carboxylic acids is 1. The van der Waals surface area contributed by atoms with Gasteiger partial charge in [-0.1, -0.05) is 0 Å².